The van der Waals surface area contributed by atoms with Crippen LogP contribution in [0.3, 0.4) is 0 Å². The minimum Gasteiger partial charge on any atom is -0.480 e. The van der Waals surface area contributed by atoms with E-state index >= 15 is 0 Å². The molecule has 0 amide bonds. The van der Waals surface area contributed by atoms with Crippen LogP contribution in [0, 0.1) is 0 Å². The number of rotatable bonds is 12. The Balaban J connectivity index is 3.54. The topological polar surface area (TPSA) is 148 Å². The number of carboxylic acids is 1. The number of hydrogen-bond acceptors (Lipinski definition) is 13. The molecule has 0 atom stereocenters. The number of carbonyl (C=O) groups excluding carboxylic acids is 1. The normalized spacial score (nSPS) is 18.8. The summed E-state index contributed by atoms with van der Waals surface area (Å²) in [5.74, 6) is -1.36. The molecule has 0 saturated carbocycles. The van der Waals surface area contributed by atoms with E-state index in [4.69, 9.17) is 22.8 Å². The van der Waals surface area contributed by atoms with E-state index in [1.807, 2.05) is 123 Å². The Labute approximate surface area is 302 Å². The van der Waals surface area contributed by atoms with Crippen molar-refractivity contribution in [3.05, 3.63) is 0 Å². The number of hydrogen-bond donors (Lipinski definition) is 1. The molecule has 296 valence electrons. The summed E-state index contributed by atoms with van der Waals surface area (Å²) in [6.45, 7) is 30.1. The lowest BCUT2D eigenvalue weighted by Crippen LogP contribution is -2.48. The van der Waals surface area contributed by atoms with Crippen molar-refractivity contribution >= 4 is 27.1 Å². The zero-order valence-electron chi connectivity index (χ0n) is 33.8. The SMILES string of the molecule is CC(C)(C)OC(=O)CN1CCN(CP(=O)(OC(C)(C)C)OC(C)(C)C)CCN(CC(=O)O)CCN(CP(=O)(OC(C)(C)C)OC(C)(C)C)CC1. The second-order valence-electron chi connectivity index (χ2n) is 18.1. The smallest absolute Gasteiger partial charge is 0.345 e. The van der Waals surface area contributed by atoms with Crippen molar-refractivity contribution < 1.29 is 46.7 Å². The largest absolute Gasteiger partial charge is 0.480 e. The summed E-state index contributed by atoms with van der Waals surface area (Å²) in [6, 6.07) is 0. The minimum atomic E-state index is -3.69. The Kier molecular flexibility index (Phi) is 17.3. The minimum absolute atomic E-state index is 0.00732. The van der Waals surface area contributed by atoms with E-state index < -0.39 is 49.2 Å². The lowest BCUT2D eigenvalue weighted by molar-refractivity contribution is -0.156. The van der Waals surface area contributed by atoms with Crippen molar-refractivity contribution in [3.8, 4) is 0 Å². The third-order valence-electron chi connectivity index (χ3n) is 6.46. The summed E-state index contributed by atoms with van der Waals surface area (Å²) in [6.07, 6.45) is -0.0430. The van der Waals surface area contributed by atoms with Crippen LogP contribution in [0.2, 0.25) is 0 Å². The Bertz CT molecular complexity index is 1070. The molecule has 0 unspecified atom stereocenters. The second kappa shape index (κ2) is 18.4. The maximum Gasteiger partial charge on any atom is 0.345 e. The van der Waals surface area contributed by atoms with Crippen LogP contribution in [0.25, 0.3) is 0 Å². The highest BCUT2D eigenvalue weighted by molar-refractivity contribution is 7.54. The van der Waals surface area contributed by atoms with E-state index in [2.05, 4.69) is 0 Å². The highest BCUT2D eigenvalue weighted by Gasteiger charge is 2.39. The van der Waals surface area contributed by atoms with Crippen LogP contribution < -0.4 is 0 Å². The summed E-state index contributed by atoms with van der Waals surface area (Å²) in [4.78, 5) is 32.7. The molecule has 1 fully saturated rings. The summed E-state index contributed by atoms with van der Waals surface area (Å²) < 4.78 is 58.6. The quantitative estimate of drug-likeness (QED) is 0.178. The van der Waals surface area contributed by atoms with Gasteiger partial charge in [0.25, 0.3) is 0 Å². The monoisotopic (exact) mass is 756 g/mol. The molecule has 1 saturated heterocycles. The first-order valence-electron chi connectivity index (χ1n) is 17.6. The van der Waals surface area contributed by atoms with Gasteiger partial charge in [0.05, 0.1) is 35.5 Å². The number of esters is 1. The van der Waals surface area contributed by atoms with Gasteiger partial charge in [0, 0.05) is 52.4 Å². The van der Waals surface area contributed by atoms with Gasteiger partial charge in [-0.25, -0.2) is 0 Å². The van der Waals surface area contributed by atoms with Gasteiger partial charge in [-0.3, -0.25) is 38.3 Å². The first-order chi connectivity index (χ1) is 22.2. The molecule has 50 heavy (non-hydrogen) atoms. The second-order valence-corrected chi connectivity index (χ2v) is 21.8. The predicted molar refractivity (Wildman–Crippen MR) is 198 cm³/mol. The number of aliphatic carboxylic acids is 1. The molecule has 16 heteroatoms. The third kappa shape index (κ3) is 22.9. The first-order valence-corrected chi connectivity index (χ1v) is 21.0. The van der Waals surface area contributed by atoms with Crippen LogP contribution in [-0.2, 0) is 41.6 Å². The molecule has 0 aliphatic carbocycles. The van der Waals surface area contributed by atoms with Gasteiger partial charge in [-0.1, -0.05) is 0 Å². The fraction of sp³-hybridized carbons (Fsp3) is 0.941. The summed E-state index contributed by atoms with van der Waals surface area (Å²) >= 11 is 0. The van der Waals surface area contributed by atoms with Crippen LogP contribution in [0.5, 0.6) is 0 Å². The van der Waals surface area contributed by atoms with Crippen molar-refractivity contribution in [1.82, 2.24) is 19.6 Å². The van der Waals surface area contributed by atoms with Gasteiger partial charge in [-0.15, -0.1) is 0 Å². The van der Waals surface area contributed by atoms with Crippen LogP contribution in [0.4, 0.5) is 0 Å². The lowest BCUT2D eigenvalue weighted by atomic mass is 10.2. The average Bonchev–Trinajstić information content (AvgIpc) is 2.79. The fourth-order valence-electron chi connectivity index (χ4n) is 5.24. The van der Waals surface area contributed by atoms with Gasteiger partial charge >= 0.3 is 27.1 Å². The van der Waals surface area contributed by atoms with E-state index in [9.17, 15) is 23.8 Å². The molecule has 1 rings (SSSR count). The van der Waals surface area contributed by atoms with Gasteiger partial charge in [-0.2, -0.15) is 0 Å². The molecular weight excluding hydrogens is 686 g/mol. The van der Waals surface area contributed by atoms with Gasteiger partial charge in [0.2, 0.25) is 0 Å². The average molecular weight is 757 g/mol. The number of carbonyl (C=O) groups is 2. The van der Waals surface area contributed by atoms with Gasteiger partial charge in [0.1, 0.15) is 18.2 Å². The van der Waals surface area contributed by atoms with Crippen LogP contribution in [0.1, 0.15) is 104 Å². The fourth-order valence-corrected chi connectivity index (χ4v) is 10.4. The highest BCUT2D eigenvalue weighted by atomic mass is 31.2. The Hall–Kier alpha value is -0.920. The van der Waals surface area contributed by atoms with E-state index in [0.29, 0.717) is 52.4 Å². The molecule has 1 heterocycles. The molecule has 0 bridgehead atoms. The van der Waals surface area contributed by atoms with Crippen LogP contribution >= 0.6 is 15.2 Å². The zero-order valence-corrected chi connectivity index (χ0v) is 35.6. The van der Waals surface area contributed by atoms with Gasteiger partial charge < -0.3 is 27.9 Å². The molecule has 1 aliphatic heterocycles. The van der Waals surface area contributed by atoms with E-state index in [1.165, 1.54) is 0 Å². The summed E-state index contributed by atoms with van der Waals surface area (Å²) in [7, 11) is -7.37. The zero-order chi connectivity index (χ0) is 39.0. The third-order valence-corrected chi connectivity index (χ3v) is 11.3. The Morgan fingerprint density at radius 2 is 0.740 bits per heavy atom. The standard InChI is InChI=1S/C34H70N4O10P2/c1-30(2,3)44-29(41)25-36-18-22-37(26-49(42,45-31(4,5)6)46-32(7,8)9)20-16-35(24-28(39)40)17-21-38(23-19-36)27-50(43,47-33(10,11)12)48-34(13,14)15/h16-27H2,1-15H3,(H,39,40). The van der Waals surface area contributed by atoms with Crippen molar-refractivity contribution in [2.24, 2.45) is 0 Å². The molecule has 1 N–H and O–H groups in total. The Morgan fingerprint density at radius 3 is 0.980 bits per heavy atom. The first kappa shape index (κ1) is 47.1. The molecule has 0 aromatic heterocycles. The lowest BCUT2D eigenvalue weighted by Gasteiger charge is -2.38. The summed E-state index contributed by atoms with van der Waals surface area (Å²) in [5.41, 5.74) is -3.66. The van der Waals surface area contributed by atoms with Crippen molar-refractivity contribution in [1.29, 1.82) is 0 Å². The van der Waals surface area contributed by atoms with Gasteiger partial charge in [-0.05, 0) is 104 Å². The van der Waals surface area contributed by atoms with Crippen molar-refractivity contribution in [3.63, 3.8) is 0 Å². The molecule has 0 spiro atoms. The van der Waals surface area contributed by atoms with E-state index in [1.54, 1.807) is 0 Å². The molecule has 0 aromatic rings. The molecule has 14 nitrogen and oxygen atoms in total. The van der Waals surface area contributed by atoms with E-state index in [0.717, 1.165) is 0 Å². The van der Waals surface area contributed by atoms with Gasteiger partial charge in [0.15, 0.2) is 0 Å². The molecular formula is C34H70N4O10P2. The number of nitrogens with zero attached hydrogens (tertiary/aromatic N) is 4. The molecule has 1 aliphatic rings. The maximum atomic E-state index is 14.3. The van der Waals surface area contributed by atoms with Crippen molar-refractivity contribution in [2.75, 3.05) is 78.0 Å². The maximum absolute atomic E-state index is 14.3. The highest BCUT2D eigenvalue weighted by Crippen LogP contribution is 2.55. The van der Waals surface area contributed by atoms with E-state index in [-0.39, 0.29) is 31.6 Å². The molecule has 0 radical (unpaired) electrons. The number of ether oxygens (including phenoxy) is 1. The number of carboxylic acid groups (broad SMARTS) is 1. The molecule has 0 aromatic carbocycles. The van der Waals surface area contributed by atoms with Crippen LogP contribution in [-0.4, -0.2) is 143 Å². The predicted octanol–water partition coefficient (Wildman–Crippen LogP) is 6.20. The Morgan fingerprint density at radius 1 is 0.480 bits per heavy atom. The van der Waals surface area contributed by atoms with Crippen LogP contribution in [0.15, 0.2) is 0 Å². The summed E-state index contributed by atoms with van der Waals surface area (Å²) in [5, 5.41) is 9.78. The van der Waals surface area contributed by atoms with Crippen molar-refractivity contribution in [2.45, 2.75) is 132 Å².